The second-order valence-corrected chi connectivity index (χ2v) is 5.31. The number of nitrogens with zero attached hydrogens (tertiary/aromatic N) is 2. The van der Waals surface area contributed by atoms with Crippen LogP contribution in [-0.4, -0.2) is 44.9 Å². The number of anilines is 1. The van der Waals surface area contributed by atoms with Crippen molar-refractivity contribution in [3.63, 3.8) is 0 Å². The molecule has 18 heavy (non-hydrogen) atoms. The van der Waals surface area contributed by atoms with Crippen LogP contribution in [0.25, 0.3) is 0 Å². The lowest BCUT2D eigenvalue weighted by Gasteiger charge is -2.26. The molecule has 1 aliphatic heterocycles. The summed E-state index contributed by atoms with van der Waals surface area (Å²) in [5, 5.41) is 2.58. The van der Waals surface area contributed by atoms with Gasteiger partial charge in [-0.1, -0.05) is 0 Å². The number of carbonyl (C=O) groups excluding carboxylic acids is 1. The number of hydrogen-bond donors (Lipinski definition) is 0. The molecule has 0 saturated carbocycles. The molecule has 0 radical (unpaired) electrons. The zero-order valence-corrected chi connectivity index (χ0v) is 11.5. The third-order valence-electron chi connectivity index (χ3n) is 3.00. The van der Waals surface area contributed by atoms with Gasteiger partial charge >= 0.3 is 5.97 Å². The monoisotopic (exact) mass is 270 g/mol. The summed E-state index contributed by atoms with van der Waals surface area (Å²) in [5.41, 5.74) is 0.379. The summed E-state index contributed by atoms with van der Waals surface area (Å²) in [6.45, 7) is 2.61. The summed E-state index contributed by atoms with van der Waals surface area (Å²) < 4.78 is 10.1. The molecule has 0 spiro atoms. The topological polar surface area (TPSA) is 51.7 Å². The van der Waals surface area contributed by atoms with Crippen LogP contribution in [-0.2, 0) is 9.47 Å². The van der Waals surface area contributed by atoms with Gasteiger partial charge in [0, 0.05) is 25.6 Å². The van der Waals surface area contributed by atoms with Crippen molar-refractivity contribution in [1.82, 2.24) is 4.98 Å². The molecule has 2 rings (SSSR count). The molecule has 0 N–H and O–H groups in total. The van der Waals surface area contributed by atoms with Crippen molar-refractivity contribution < 1.29 is 14.3 Å². The van der Waals surface area contributed by atoms with Crippen molar-refractivity contribution in [2.24, 2.45) is 5.92 Å². The maximum absolute atomic E-state index is 11.3. The van der Waals surface area contributed by atoms with Gasteiger partial charge in [-0.2, -0.15) is 0 Å². The average molecular weight is 270 g/mol. The number of carbonyl (C=O) groups is 1. The molecule has 1 unspecified atom stereocenters. The van der Waals surface area contributed by atoms with Gasteiger partial charge in [0.25, 0.3) is 0 Å². The van der Waals surface area contributed by atoms with E-state index in [2.05, 4.69) is 14.6 Å². The van der Waals surface area contributed by atoms with E-state index in [9.17, 15) is 4.79 Å². The van der Waals surface area contributed by atoms with Gasteiger partial charge in [-0.25, -0.2) is 9.78 Å². The molecule has 1 aromatic rings. The third-order valence-corrected chi connectivity index (χ3v) is 3.95. The highest BCUT2D eigenvalue weighted by molar-refractivity contribution is 7.13. The van der Waals surface area contributed by atoms with E-state index in [1.54, 1.807) is 5.38 Å². The lowest BCUT2D eigenvalue weighted by molar-refractivity contribution is 0.0575. The predicted octanol–water partition coefficient (Wildman–Crippen LogP) is 1.79. The van der Waals surface area contributed by atoms with E-state index >= 15 is 0 Å². The van der Waals surface area contributed by atoms with E-state index in [0.29, 0.717) is 11.6 Å². The number of aromatic nitrogens is 1. The van der Waals surface area contributed by atoms with Crippen molar-refractivity contribution in [2.45, 2.75) is 12.8 Å². The maximum Gasteiger partial charge on any atom is 0.357 e. The fourth-order valence-corrected chi connectivity index (χ4v) is 2.83. The van der Waals surface area contributed by atoms with Crippen LogP contribution in [0.3, 0.4) is 0 Å². The van der Waals surface area contributed by atoms with E-state index < -0.39 is 0 Å². The normalized spacial score (nSPS) is 19.6. The Kier molecular flexibility index (Phi) is 4.54. The Hall–Kier alpha value is -1.14. The van der Waals surface area contributed by atoms with E-state index in [1.165, 1.54) is 24.9 Å². The minimum atomic E-state index is -0.383. The first-order valence-electron chi connectivity index (χ1n) is 6.03. The van der Waals surface area contributed by atoms with Crippen LogP contribution in [0.1, 0.15) is 23.3 Å². The Bertz CT molecular complexity index is 402. The first-order chi connectivity index (χ1) is 8.70. The van der Waals surface area contributed by atoms with Crippen LogP contribution < -0.4 is 4.90 Å². The Labute approximate surface area is 111 Å². The Morgan fingerprint density at radius 2 is 2.56 bits per heavy atom. The summed E-state index contributed by atoms with van der Waals surface area (Å²) in [4.78, 5) is 17.7. The number of methoxy groups -OCH3 is 1. The molecule has 0 aromatic carbocycles. The summed E-state index contributed by atoms with van der Waals surface area (Å²) in [7, 11) is 3.36. The van der Waals surface area contributed by atoms with Crippen LogP contribution in [0.15, 0.2) is 5.38 Å². The number of esters is 1. The highest BCUT2D eigenvalue weighted by atomic mass is 32.1. The van der Waals surface area contributed by atoms with Crippen LogP contribution in [0.4, 0.5) is 5.13 Å². The molecular weight excluding hydrogens is 252 g/mol. The lowest BCUT2D eigenvalue weighted by Crippen LogP contribution is -2.30. The summed E-state index contributed by atoms with van der Waals surface area (Å²) in [5.74, 6) is 0.168. The first kappa shape index (κ1) is 13.3. The lowest BCUT2D eigenvalue weighted by atomic mass is 10.0. The van der Waals surface area contributed by atoms with Gasteiger partial charge in [0.05, 0.1) is 13.7 Å². The molecule has 0 bridgehead atoms. The van der Waals surface area contributed by atoms with Gasteiger partial charge in [0.1, 0.15) is 0 Å². The fourth-order valence-electron chi connectivity index (χ4n) is 2.05. The van der Waals surface area contributed by atoms with Crippen LogP contribution >= 0.6 is 11.3 Å². The molecule has 1 fully saturated rings. The molecule has 100 valence electrons. The van der Waals surface area contributed by atoms with Crippen molar-refractivity contribution in [3.8, 4) is 0 Å². The van der Waals surface area contributed by atoms with Crippen molar-refractivity contribution >= 4 is 22.4 Å². The second kappa shape index (κ2) is 6.15. The highest BCUT2D eigenvalue weighted by Crippen LogP contribution is 2.22. The Balaban J connectivity index is 1.93. The van der Waals surface area contributed by atoms with Gasteiger partial charge in [0.15, 0.2) is 10.8 Å². The van der Waals surface area contributed by atoms with E-state index in [0.717, 1.165) is 31.3 Å². The molecule has 5 nitrogen and oxygen atoms in total. The summed E-state index contributed by atoms with van der Waals surface area (Å²) in [6, 6.07) is 0. The molecule has 1 aromatic heterocycles. The molecule has 6 heteroatoms. The van der Waals surface area contributed by atoms with Gasteiger partial charge in [0.2, 0.25) is 0 Å². The first-order valence-corrected chi connectivity index (χ1v) is 6.91. The standard InChI is InChI=1S/C12H18N2O3S/c1-14(6-9-4-3-5-17-7-9)12-13-10(8-18-12)11(15)16-2/h8-9H,3-7H2,1-2H3. The molecule has 2 heterocycles. The predicted molar refractivity (Wildman–Crippen MR) is 70.3 cm³/mol. The van der Waals surface area contributed by atoms with Gasteiger partial charge in [-0.15, -0.1) is 11.3 Å². The average Bonchev–Trinajstić information content (AvgIpc) is 2.88. The molecule has 1 saturated heterocycles. The largest absolute Gasteiger partial charge is 0.464 e. The molecular formula is C12H18N2O3S. The minimum Gasteiger partial charge on any atom is -0.464 e. The number of thiazole rings is 1. The van der Waals surface area contributed by atoms with Gasteiger partial charge < -0.3 is 14.4 Å². The molecule has 0 amide bonds. The highest BCUT2D eigenvalue weighted by Gasteiger charge is 2.18. The SMILES string of the molecule is COC(=O)c1csc(N(C)CC2CCCOC2)n1. The number of hydrogen-bond acceptors (Lipinski definition) is 6. The quantitative estimate of drug-likeness (QED) is 0.781. The van der Waals surface area contributed by atoms with E-state index in [-0.39, 0.29) is 5.97 Å². The smallest absolute Gasteiger partial charge is 0.357 e. The molecule has 0 aliphatic carbocycles. The Morgan fingerprint density at radius 1 is 1.72 bits per heavy atom. The summed E-state index contributed by atoms with van der Waals surface area (Å²) >= 11 is 1.46. The van der Waals surface area contributed by atoms with Crippen LogP contribution in [0.5, 0.6) is 0 Å². The molecule has 1 atom stereocenters. The zero-order chi connectivity index (χ0) is 13.0. The fraction of sp³-hybridized carbons (Fsp3) is 0.667. The van der Waals surface area contributed by atoms with Gasteiger partial charge in [-0.05, 0) is 18.8 Å². The minimum absolute atomic E-state index is 0.379. The second-order valence-electron chi connectivity index (χ2n) is 4.47. The van der Waals surface area contributed by atoms with Crippen molar-refractivity contribution in [3.05, 3.63) is 11.1 Å². The van der Waals surface area contributed by atoms with Crippen molar-refractivity contribution in [2.75, 3.05) is 38.8 Å². The Morgan fingerprint density at radius 3 is 3.22 bits per heavy atom. The summed E-state index contributed by atoms with van der Waals surface area (Å²) in [6.07, 6.45) is 2.32. The number of rotatable bonds is 4. The van der Waals surface area contributed by atoms with E-state index in [1.807, 2.05) is 7.05 Å². The molecule has 1 aliphatic rings. The van der Waals surface area contributed by atoms with Crippen molar-refractivity contribution in [1.29, 1.82) is 0 Å². The van der Waals surface area contributed by atoms with Crippen LogP contribution in [0, 0.1) is 5.92 Å². The zero-order valence-electron chi connectivity index (χ0n) is 10.7. The van der Waals surface area contributed by atoms with Gasteiger partial charge in [-0.3, -0.25) is 0 Å². The third kappa shape index (κ3) is 3.20. The maximum atomic E-state index is 11.3. The number of ether oxygens (including phenoxy) is 2. The van der Waals surface area contributed by atoms with E-state index in [4.69, 9.17) is 4.74 Å². The van der Waals surface area contributed by atoms with Crippen LogP contribution in [0.2, 0.25) is 0 Å².